The molecule has 0 radical (unpaired) electrons. The van der Waals surface area contributed by atoms with Gasteiger partial charge in [0.25, 0.3) is 0 Å². The van der Waals surface area contributed by atoms with Crippen molar-refractivity contribution in [3.05, 3.63) is 40.4 Å². The maximum atomic E-state index is 11.6. The number of aliphatic imine (C=N–C) groups is 1. The van der Waals surface area contributed by atoms with Gasteiger partial charge in [0.15, 0.2) is 11.5 Å². The number of benzene rings is 1. The molecule has 1 aliphatic heterocycles. The zero-order valence-corrected chi connectivity index (χ0v) is 16.6. The minimum Gasteiger partial charge on any atom is -0.370 e. The molecule has 0 bridgehead atoms. The number of aryl methyl sites for hydroxylation is 1. The van der Waals surface area contributed by atoms with E-state index in [2.05, 4.69) is 15.6 Å². The smallest absolute Gasteiger partial charge is 0.219 e. The molecule has 8 nitrogen and oxygen atoms in total. The average Bonchev–Trinajstić information content (AvgIpc) is 2.94. The Kier molecular flexibility index (Phi) is 7.12. The topological polar surface area (TPSA) is 126 Å². The van der Waals surface area contributed by atoms with E-state index in [-0.39, 0.29) is 23.3 Å². The van der Waals surface area contributed by atoms with Crippen LogP contribution in [-0.2, 0) is 16.0 Å². The number of likely N-dealkylation sites (N-methyl/N-ethyl adjacent to an activating group) is 1. The van der Waals surface area contributed by atoms with Gasteiger partial charge in [-0.1, -0.05) is 23.9 Å². The van der Waals surface area contributed by atoms with Gasteiger partial charge in [-0.3, -0.25) is 9.59 Å². The number of hydrogen-bond donors (Lipinski definition) is 4. The highest BCUT2D eigenvalue weighted by Gasteiger charge is 2.25. The van der Waals surface area contributed by atoms with E-state index < -0.39 is 0 Å². The Morgan fingerprint density at radius 3 is 2.44 bits per heavy atom. The van der Waals surface area contributed by atoms with Crippen molar-refractivity contribution in [2.45, 2.75) is 32.2 Å². The predicted molar refractivity (Wildman–Crippen MR) is 109 cm³/mol. The molecule has 1 unspecified atom stereocenters. The van der Waals surface area contributed by atoms with Crippen LogP contribution in [0.4, 0.5) is 5.69 Å². The van der Waals surface area contributed by atoms with Crippen LogP contribution >= 0.6 is 11.8 Å². The molecule has 1 heterocycles. The van der Waals surface area contributed by atoms with E-state index in [9.17, 15) is 9.59 Å². The summed E-state index contributed by atoms with van der Waals surface area (Å²) in [6.07, 6.45) is 1.58. The number of amides is 2. The van der Waals surface area contributed by atoms with E-state index in [4.69, 9.17) is 11.5 Å². The highest BCUT2D eigenvalue weighted by atomic mass is 32.2. The van der Waals surface area contributed by atoms with Crippen molar-refractivity contribution in [2.24, 2.45) is 16.5 Å². The van der Waals surface area contributed by atoms with Gasteiger partial charge in [-0.25, -0.2) is 4.99 Å². The van der Waals surface area contributed by atoms with Gasteiger partial charge in [-0.05, 0) is 30.5 Å². The summed E-state index contributed by atoms with van der Waals surface area (Å²) in [6.45, 7) is 3.54. The van der Waals surface area contributed by atoms with Crippen molar-refractivity contribution >= 4 is 35.2 Å². The third-order valence-corrected chi connectivity index (χ3v) is 5.14. The average molecular weight is 391 g/mol. The summed E-state index contributed by atoms with van der Waals surface area (Å²) < 4.78 is 0. The molecule has 2 amide bonds. The molecule has 0 aromatic heterocycles. The lowest BCUT2D eigenvalue weighted by atomic mass is 10.1. The van der Waals surface area contributed by atoms with Gasteiger partial charge in [0.1, 0.15) is 0 Å². The fourth-order valence-electron chi connectivity index (χ4n) is 2.56. The first-order valence-corrected chi connectivity index (χ1v) is 9.45. The number of thioether (sulfide) groups is 1. The number of allylic oxidation sites excluding steroid dienone is 1. The Labute approximate surface area is 163 Å². The fourth-order valence-corrected chi connectivity index (χ4v) is 3.84. The van der Waals surface area contributed by atoms with Gasteiger partial charge in [-0.15, -0.1) is 0 Å². The van der Waals surface area contributed by atoms with Gasteiger partial charge in [-0.2, -0.15) is 0 Å². The molecule has 0 aliphatic carbocycles. The highest BCUT2D eigenvalue weighted by molar-refractivity contribution is 8.03. The number of carbonyl (C=O) groups is 2. The molecule has 27 heavy (non-hydrogen) atoms. The van der Waals surface area contributed by atoms with Crippen LogP contribution in [0.3, 0.4) is 0 Å². The van der Waals surface area contributed by atoms with Gasteiger partial charge >= 0.3 is 0 Å². The van der Waals surface area contributed by atoms with Gasteiger partial charge in [0.05, 0.1) is 12.2 Å². The van der Waals surface area contributed by atoms with Crippen LogP contribution in [0, 0.1) is 0 Å². The summed E-state index contributed by atoms with van der Waals surface area (Å²) in [5.74, 6) is -0.0695. The second-order valence-corrected chi connectivity index (χ2v) is 7.52. The molecule has 0 spiro atoms. The number of nitrogens with one attached hydrogen (secondary N) is 2. The van der Waals surface area contributed by atoms with Crippen LogP contribution in [0.15, 0.2) is 39.9 Å². The first-order chi connectivity index (χ1) is 12.7. The maximum absolute atomic E-state index is 11.6. The standard InChI is InChI=1S/C18H26N6O2S/c1-11(25)21-18-23-15(16(27-18)10-24(3)12(2)26)9-6-13-4-7-14(8-5-13)22-17(19)20/h4-5,7-8,18,23H,6,9-10H2,1-3H3,(H,21,25)(H4,19,20,22). The van der Waals surface area contributed by atoms with Gasteiger partial charge in [0, 0.05) is 31.5 Å². The summed E-state index contributed by atoms with van der Waals surface area (Å²) in [6, 6.07) is 7.70. The third kappa shape index (κ3) is 6.52. The Bertz CT molecular complexity index is 756. The van der Waals surface area contributed by atoms with Crippen molar-refractivity contribution in [1.29, 1.82) is 0 Å². The largest absolute Gasteiger partial charge is 0.370 e. The molecule has 1 aliphatic rings. The fraction of sp³-hybridized carbons (Fsp3) is 0.389. The monoisotopic (exact) mass is 390 g/mol. The summed E-state index contributed by atoms with van der Waals surface area (Å²) in [7, 11) is 1.77. The quantitative estimate of drug-likeness (QED) is 0.406. The normalized spacial score (nSPS) is 15.9. The van der Waals surface area contributed by atoms with Crippen molar-refractivity contribution in [1.82, 2.24) is 15.5 Å². The van der Waals surface area contributed by atoms with Crippen molar-refractivity contribution in [3.8, 4) is 0 Å². The predicted octanol–water partition coefficient (Wildman–Crippen LogP) is 0.970. The maximum Gasteiger partial charge on any atom is 0.219 e. The van der Waals surface area contributed by atoms with E-state index in [1.165, 1.54) is 25.6 Å². The molecule has 0 saturated heterocycles. The number of nitrogens with two attached hydrogens (primary N) is 2. The third-order valence-electron chi connectivity index (χ3n) is 4.01. The van der Waals surface area contributed by atoms with E-state index in [1.54, 1.807) is 11.9 Å². The van der Waals surface area contributed by atoms with Crippen LogP contribution in [0.5, 0.6) is 0 Å². The molecule has 1 aromatic rings. The molecule has 6 N–H and O–H groups in total. The van der Waals surface area contributed by atoms with Crippen LogP contribution < -0.4 is 22.1 Å². The van der Waals surface area contributed by atoms with E-state index in [0.717, 1.165) is 29.0 Å². The number of guanidine groups is 1. The molecule has 1 aromatic carbocycles. The summed E-state index contributed by atoms with van der Waals surface area (Å²) >= 11 is 1.53. The lowest BCUT2D eigenvalue weighted by molar-refractivity contribution is -0.127. The Hall–Kier alpha value is -2.68. The van der Waals surface area contributed by atoms with Gasteiger partial charge in [0.2, 0.25) is 11.8 Å². The molecule has 0 saturated carbocycles. The second kappa shape index (κ2) is 9.31. The van der Waals surface area contributed by atoms with Crippen molar-refractivity contribution < 1.29 is 9.59 Å². The zero-order chi connectivity index (χ0) is 20.0. The van der Waals surface area contributed by atoms with E-state index >= 15 is 0 Å². The molecule has 0 fully saturated rings. The summed E-state index contributed by atoms with van der Waals surface area (Å²) in [5, 5.41) is 6.20. The van der Waals surface area contributed by atoms with Crippen molar-refractivity contribution in [3.63, 3.8) is 0 Å². The number of carbonyl (C=O) groups excluding carboxylic acids is 2. The van der Waals surface area contributed by atoms with Crippen molar-refractivity contribution in [2.75, 3.05) is 13.6 Å². The summed E-state index contributed by atoms with van der Waals surface area (Å²) in [5.41, 5.74) is 13.4. The molecular formula is C18H26N6O2S. The first kappa shape index (κ1) is 20.6. The highest BCUT2D eigenvalue weighted by Crippen LogP contribution is 2.32. The number of hydrogen-bond acceptors (Lipinski definition) is 5. The van der Waals surface area contributed by atoms with Gasteiger partial charge < -0.3 is 27.0 Å². The van der Waals surface area contributed by atoms with Crippen LogP contribution in [0.2, 0.25) is 0 Å². The lowest BCUT2D eigenvalue weighted by Crippen LogP contribution is -2.38. The minimum absolute atomic E-state index is 0.000692. The molecule has 9 heteroatoms. The molecule has 2 rings (SSSR count). The molecule has 1 atom stereocenters. The molecular weight excluding hydrogens is 364 g/mol. The Morgan fingerprint density at radius 2 is 1.89 bits per heavy atom. The van der Waals surface area contributed by atoms with Crippen LogP contribution in [-0.4, -0.2) is 41.8 Å². The molecule has 146 valence electrons. The zero-order valence-electron chi connectivity index (χ0n) is 15.8. The minimum atomic E-state index is -0.211. The van der Waals surface area contributed by atoms with E-state index in [0.29, 0.717) is 12.2 Å². The number of rotatable bonds is 7. The first-order valence-electron chi connectivity index (χ1n) is 8.57. The van der Waals surface area contributed by atoms with Crippen LogP contribution in [0.25, 0.3) is 0 Å². The Balaban J connectivity index is 2.05. The Morgan fingerprint density at radius 1 is 1.22 bits per heavy atom. The van der Waals surface area contributed by atoms with Crippen LogP contribution in [0.1, 0.15) is 25.8 Å². The SMILES string of the molecule is CC(=O)NC1NC(CCc2ccc(N=C(N)N)cc2)=C(CN(C)C(C)=O)S1. The summed E-state index contributed by atoms with van der Waals surface area (Å²) in [4.78, 5) is 29.6. The van der Waals surface area contributed by atoms with E-state index in [1.807, 2.05) is 24.3 Å². The second-order valence-electron chi connectivity index (χ2n) is 6.32. The lowest BCUT2D eigenvalue weighted by Gasteiger charge is -2.16. The number of nitrogens with zero attached hydrogens (tertiary/aromatic N) is 2.